The molecule has 1 aliphatic heterocycles. The third-order valence-electron chi connectivity index (χ3n) is 4.01. The number of nitrogens with zero attached hydrogens (tertiary/aromatic N) is 4. The van der Waals surface area contributed by atoms with Crippen molar-refractivity contribution < 1.29 is 0 Å². The first kappa shape index (κ1) is 12.1. The molecule has 3 rings (SSSR count). The smallest absolute Gasteiger partial charge is 0.133 e. The van der Waals surface area contributed by atoms with Crippen molar-refractivity contribution in [1.29, 1.82) is 0 Å². The molecular formula is C13H23N5. The van der Waals surface area contributed by atoms with Crippen LogP contribution in [0.1, 0.15) is 31.5 Å². The Balaban J connectivity index is 1.45. The van der Waals surface area contributed by atoms with E-state index in [0.717, 1.165) is 24.8 Å². The molecule has 2 heterocycles. The summed E-state index contributed by atoms with van der Waals surface area (Å²) in [7, 11) is 2.02. The van der Waals surface area contributed by atoms with E-state index in [2.05, 4.69) is 20.4 Å². The minimum absolute atomic E-state index is 0.714. The van der Waals surface area contributed by atoms with E-state index in [4.69, 9.17) is 0 Å². The van der Waals surface area contributed by atoms with Crippen molar-refractivity contribution in [3.8, 4) is 0 Å². The molecule has 0 radical (unpaired) electrons. The molecule has 0 aromatic carbocycles. The number of hydrogen-bond acceptors (Lipinski definition) is 4. The first-order valence-corrected chi connectivity index (χ1v) is 7.12. The molecule has 0 amide bonds. The Kier molecular flexibility index (Phi) is 3.61. The molecule has 1 N–H and O–H groups in total. The van der Waals surface area contributed by atoms with Gasteiger partial charge in [-0.05, 0) is 32.2 Å². The van der Waals surface area contributed by atoms with Crippen LogP contribution >= 0.6 is 0 Å². The van der Waals surface area contributed by atoms with Crippen molar-refractivity contribution >= 4 is 0 Å². The van der Waals surface area contributed by atoms with E-state index in [1.54, 1.807) is 6.33 Å². The van der Waals surface area contributed by atoms with Crippen LogP contribution in [0.2, 0.25) is 0 Å². The molecule has 5 heteroatoms. The van der Waals surface area contributed by atoms with Crippen molar-refractivity contribution in [2.75, 3.05) is 19.6 Å². The highest BCUT2D eigenvalue weighted by molar-refractivity contribution is 4.90. The molecule has 1 aromatic rings. The summed E-state index contributed by atoms with van der Waals surface area (Å²) in [4.78, 5) is 2.57. The number of hydrogen-bond donors (Lipinski definition) is 1. The Hall–Kier alpha value is -0.940. The van der Waals surface area contributed by atoms with Crippen LogP contribution in [-0.2, 0) is 13.5 Å². The number of likely N-dealkylation sites (tertiary alicyclic amines) is 1. The van der Waals surface area contributed by atoms with Gasteiger partial charge in [-0.15, -0.1) is 10.2 Å². The second kappa shape index (κ2) is 5.36. The fraction of sp³-hybridized carbons (Fsp3) is 0.846. The largest absolute Gasteiger partial charge is 0.321 e. The summed E-state index contributed by atoms with van der Waals surface area (Å²) in [5.41, 5.74) is 0. The third kappa shape index (κ3) is 3.09. The van der Waals surface area contributed by atoms with Crippen LogP contribution in [0.25, 0.3) is 0 Å². The zero-order valence-electron chi connectivity index (χ0n) is 11.2. The van der Waals surface area contributed by atoms with E-state index in [9.17, 15) is 0 Å². The van der Waals surface area contributed by atoms with Crippen LogP contribution in [0.5, 0.6) is 0 Å². The molecule has 5 nitrogen and oxygen atoms in total. The molecule has 2 fully saturated rings. The molecule has 1 unspecified atom stereocenters. The number of aryl methyl sites for hydroxylation is 1. The topological polar surface area (TPSA) is 46.0 Å². The van der Waals surface area contributed by atoms with Gasteiger partial charge in [0.05, 0.1) is 0 Å². The lowest BCUT2D eigenvalue weighted by molar-refractivity contribution is 0.190. The second-order valence-electron chi connectivity index (χ2n) is 5.69. The van der Waals surface area contributed by atoms with Crippen LogP contribution in [-0.4, -0.2) is 51.4 Å². The molecule has 1 atom stereocenters. The molecule has 1 saturated heterocycles. The Morgan fingerprint density at radius 2 is 2.22 bits per heavy atom. The summed E-state index contributed by atoms with van der Waals surface area (Å²) in [6.45, 7) is 3.55. The lowest BCUT2D eigenvalue weighted by Crippen LogP contribution is -2.47. The first-order chi connectivity index (χ1) is 8.81. The standard InChI is InChI=1S/C13H23N5/c1-17-10-14-16-13(17)6-8-18-7-2-3-12(9-18)15-11-4-5-11/h10-12,15H,2-9H2,1H3. The summed E-state index contributed by atoms with van der Waals surface area (Å²) in [6.07, 6.45) is 8.22. The molecule has 18 heavy (non-hydrogen) atoms. The van der Waals surface area contributed by atoms with Crippen LogP contribution < -0.4 is 5.32 Å². The number of rotatable bonds is 5. The van der Waals surface area contributed by atoms with Crippen molar-refractivity contribution in [2.45, 2.75) is 44.2 Å². The lowest BCUT2D eigenvalue weighted by atomic mass is 10.1. The van der Waals surface area contributed by atoms with Crippen LogP contribution in [0.15, 0.2) is 6.33 Å². The maximum absolute atomic E-state index is 4.15. The third-order valence-corrected chi connectivity index (χ3v) is 4.01. The van der Waals surface area contributed by atoms with Gasteiger partial charge < -0.3 is 14.8 Å². The zero-order chi connectivity index (χ0) is 12.4. The monoisotopic (exact) mass is 249 g/mol. The fourth-order valence-electron chi connectivity index (χ4n) is 2.77. The van der Waals surface area contributed by atoms with Gasteiger partial charge in [0.15, 0.2) is 0 Å². The highest BCUT2D eigenvalue weighted by Gasteiger charge is 2.27. The molecule has 1 aromatic heterocycles. The molecule has 0 bridgehead atoms. The minimum Gasteiger partial charge on any atom is -0.321 e. The minimum atomic E-state index is 0.714. The maximum Gasteiger partial charge on any atom is 0.133 e. The highest BCUT2D eigenvalue weighted by Crippen LogP contribution is 2.21. The Morgan fingerprint density at radius 3 is 2.94 bits per heavy atom. The van der Waals surface area contributed by atoms with Crippen molar-refractivity contribution in [1.82, 2.24) is 25.0 Å². The highest BCUT2D eigenvalue weighted by atomic mass is 15.3. The average molecular weight is 249 g/mol. The summed E-state index contributed by atoms with van der Waals surface area (Å²) < 4.78 is 2.02. The Labute approximate surface area is 109 Å². The van der Waals surface area contributed by atoms with Gasteiger partial charge in [-0.25, -0.2) is 0 Å². The molecule has 2 aliphatic rings. The van der Waals surface area contributed by atoms with E-state index in [-0.39, 0.29) is 0 Å². The van der Waals surface area contributed by atoms with Gasteiger partial charge in [-0.3, -0.25) is 0 Å². The predicted octanol–water partition coefficient (Wildman–Crippen LogP) is 0.574. The zero-order valence-corrected chi connectivity index (χ0v) is 11.2. The fourth-order valence-corrected chi connectivity index (χ4v) is 2.77. The van der Waals surface area contributed by atoms with Gasteiger partial charge in [0, 0.05) is 38.6 Å². The van der Waals surface area contributed by atoms with Crippen LogP contribution in [0.3, 0.4) is 0 Å². The Morgan fingerprint density at radius 1 is 1.33 bits per heavy atom. The van der Waals surface area contributed by atoms with Crippen molar-refractivity contribution in [3.63, 3.8) is 0 Å². The van der Waals surface area contributed by atoms with Gasteiger partial charge in [-0.2, -0.15) is 0 Å². The first-order valence-electron chi connectivity index (χ1n) is 7.12. The molecule has 1 saturated carbocycles. The molecule has 1 aliphatic carbocycles. The maximum atomic E-state index is 4.15. The van der Waals surface area contributed by atoms with Gasteiger partial charge in [0.2, 0.25) is 0 Å². The van der Waals surface area contributed by atoms with E-state index < -0.39 is 0 Å². The van der Waals surface area contributed by atoms with Gasteiger partial charge in [0.25, 0.3) is 0 Å². The summed E-state index contributed by atoms with van der Waals surface area (Å²) >= 11 is 0. The lowest BCUT2D eigenvalue weighted by Gasteiger charge is -2.33. The number of piperidine rings is 1. The Bertz CT molecular complexity index is 384. The quantitative estimate of drug-likeness (QED) is 0.829. The van der Waals surface area contributed by atoms with Crippen molar-refractivity contribution in [3.05, 3.63) is 12.2 Å². The van der Waals surface area contributed by atoms with Crippen molar-refractivity contribution in [2.24, 2.45) is 7.05 Å². The van der Waals surface area contributed by atoms with E-state index in [1.165, 1.54) is 38.8 Å². The van der Waals surface area contributed by atoms with E-state index >= 15 is 0 Å². The van der Waals surface area contributed by atoms with Gasteiger partial charge in [-0.1, -0.05) is 0 Å². The second-order valence-corrected chi connectivity index (χ2v) is 5.69. The van der Waals surface area contributed by atoms with Gasteiger partial charge in [0.1, 0.15) is 12.2 Å². The summed E-state index contributed by atoms with van der Waals surface area (Å²) in [6, 6.07) is 1.54. The SMILES string of the molecule is Cn1cnnc1CCN1CCCC(NC2CC2)C1. The predicted molar refractivity (Wildman–Crippen MR) is 70.3 cm³/mol. The molecule has 0 spiro atoms. The molecule has 100 valence electrons. The van der Waals surface area contributed by atoms with Crippen LogP contribution in [0, 0.1) is 0 Å². The normalized spacial score (nSPS) is 25.5. The van der Waals surface area contributed by atoms with E-state index in [0.29, 0.717) is 6.04 Å². The number of nitrogens with one attached hydrogen (secondary N) is 1. The average Bonchev–Trinajstić information content (AvgIpc) is 3.09. The van der Waals surface area contributed by atoms with Gasteiger partial charge >= 0.3 is 0 Å². The summed E-state index contributed by atoms with van der Waals surface area (Å²) in [5, 5.41) is 11.8. The van der Waals surface area contributed by atoms with E-state index in [1.807, 2.05) is 11.6 Å². The summed E-state index contributed by atoms with van der Waals surface area (Å²) in [5.74, 6) is 1.09. The molecular weight excluding hydrogens is 226 g/mol. The van der Waals surface area contributed by atoms with Crippen LogP contribution in [0.4, 0.5) is 0 Å². The number of aromatic nitrogens is 3.